The molecule has 3 N–H and O–H groups in total. The van der Waals surface area contributed by atoms with Gasteiger partial charge in [-0.25, -0.2) is 4.98 Å². The molecule has 8 heteroatoms. The van der Waals surface area contributed by atoms with Crippen LogP contribution in [0.15, 0.2) is 41.4 Å². The molecule has 0 radical (unpaired) electrons. The third-order valence-electron chi connectivity index (χ3n) is 4.36. The van der Waals surface area contributed by atoms with Crippen LogP contribution in [0.25, 0.3) is 0 Å². The van der Waals surface area contributed by atoms with E-state index in [1.54, 1.807) is 0 Å². The highest BCUT2D eigenvalue weighted by Crippen LogP contribution is 2.37. The summed E-state index contributed by atoms with van der Waals surface area (Å²) < 4.78 is 5.56. The van der Waals surface area contributed by atoms with E-state index in [1.807, 2.05) is 42.5 Å². The van der Waals surface area contributed by atoms with Crippen LogP contribution < -0.4 is 11.1 Å². The molecule has 0 saturated carbocycles. The molecule has 0 bridgehead atoms. The summed E-state index contributed by atoms with van der Waals surface area (Å²) in [5, 5.41) is 21.2. The largest absolute Gasteiger partial charge is 0.383 e. The molecule has 2 atom stereocenters. The third kappa shape index (κ3) is 4.61. The molecule has 0 unspecified atom stereocenters. The highest BCUT2D eigenvalue weighted by atomic mass is 32.2. The molecule has 1 aliphatic heterocycles. The summed E-state index contributed by atoms with van der Waals surface area (Å²) in [6.07, 6.45) is 1.95. The normalized spacial score (nSPS) is 16.7. The molecule has 1 saturated heterocycles. The van der Waals surface area contributed by atoms with Gasteiger partial charge >= 0.3 is 0 Å². The van der Waals surface area contributed by atoms with Crippen LogP contribution in [0.4, 0.5) is 5.82 Å². The fourth-order valence-corrected chi connectivity index (χ4v) is 3.98. The van der Waals surface area contributed by atoms with E-state index in [0.717, 1.165) is 36.8 Å². The van der Waals surface area contributed by atoms with Crippen molar-refractivity contribution in [3.8, 4) is 12.1 Å². The van der Waals surface area contributed by atoms with E-state index in [0.29, 0.717) is 11.6 Å². The lowest BCUT2D eigenvalue weighted by Crippen LogP contribution is -2.34. The Hall–Kier alpha value is -3.07. The van der Waals surface area contributed by atoms with Crippen molar-refractivity contribution in [3.05, 3.63) is 53.1 Å². The summed E-state index contributed by atoms with van der Waals surface area (Å²) in [6.45, 7) is 1.16. The van der Waals surface area contributed by atoms with Crippen molar-refractivity contribution in [2.45, 2.75) is 29.2 Å². The van der Waals surface area contributed by atoms with Gasteiger partial charge in [-0.1, -0.05) is 42.1 Å². The van der Waals surface area contributed by atoms with E-state index in [2.05, 4.69) is 10.3 Å². The SMILES string of the molecule is N#Cc1cc(C#N)c(S[C@@H](C(=O)NC[C@@H]2CCCO2)c2ccccc2)nc1N. The summed E-state index contributed by atoms with van der Waals surface area (Å²) in [6, 6.07) is 14.6. The smallest absolute Gasteiger partial charge is 0.238 e. The fraction of sp³-hybridized carbons (Fsp3) is 0.300. The lowest BCUT2D eigenvalue weighted by Gasteiger charge is -2.19. The van der Waals surface area contributed by atoms with E-state index >= 15 is 0 Å². The standard InChI is InChI=1S/C20H19N5O2S/c21-10-14-9-15(11-22)20(25-18(14)23)28-17(13-5-2-1-3-6-13)19(26)24-12-16-7-4-8-27-16/h1-3,5-6,9,16-17H,4,7-8,12H2,(H2,23,25)(H,24,26)/t16-,17+/m0/s1. The van der Waals surface area contributed by atoms with E-state index in [4.69, 9.17) is 15.7 Å². The number of carbonyl (C=O) groups excluding carboxylic acids is 1. The average molecular weight is 393 g/mol. The molecule has 1 aromatic heterocycles. The maximum absolute atomic E-state index is 12.9. The summed E-state index contributed by atoms with van der Waals surface area (Å²) in [4.78, 5) is 17.1. The molecule has 0 spiro atoms. The molecule has 142 valence electrons. The van der Waals surface area contributed by atoms with Gasteiger partial charge in [0.15, 0.2) is 0 Å². The fourth-order valence-electron chi connectivity index (χ4n) is 2.89. The lowest BCUT2D eigenvalue weighted by atomic mass is 10.1. The predicted octanol–water partition coefficient (Wildman–Crippen LogP) is 2.54. The number of pyridine rings is 1. The Balaban J connectivity index is 1.86. The molecule has 3 rings (SSSR count). The molecular weight excluding hydrogens is 374 g/mol. The molecule has 1 fully saturated rings. The van der Waals surface area contributed by atoms with Crippen LogP contribution in [0.3, 0.4) is 0 Å². The van der Waals surface area contributed by atoms with Gasteiger partial charge in [-0.3, -0.25) is 4.79 Å². The number of nitrogens with zero attached hydrogens (tertiary/aromatic N) is 3. The lowest BCUT2D eigenvalue weighted by molar-refractivity contribution is -0.121. The third-order valence-corrected chi connectivity index (χ3v) is 5.61. The van der Waals surface area contributed by atoms with Crippen LogP contribution in [0.5, 0.6) is 0 Å². The van der Waals surface area contributed by atoms with Gasteiger partial charge in [-0.2, -0.15) is 10.5 Å². The number of aromatic nitrogens is 1. The minimum atomic E-state index is -0.616. The van der Waals surface area contributed by atoms with Crippen LogP contribution in [-0.4, -0.2) is 30.1 Å². The first kappa shape index (κ1) is 19.7. The summed E-state index contributed by atoms with van der Waals surface area (Å²) in [7, 11) is 0. The van der Waals surface area contributed by atoms with Gasteiger partial charge in [0.2, 0.25) is 5.91 Å². The topological polar surface area (TPSA) is 125 Å². The second-order valence-corrected chi connectivity index (χ2v) is 7.38. The Kier molecular flexibility index (Phi) is 6.49. The van der Waals surface area contributed by atoms with Crippen molar-refractivity contribution in [2.75, 3.05) is 18.9 Å². The number of hydrogen-bond donors (Lipinski definition) is 2. The minimum absolute atomic E-state index is 0.0312. The van der Waals surface area contributed by atoms with Crippen molar-refractivity contribution in [1.82, 2.24) is 10.3 Å². The van der Waals surface area contributed by atoms with Crippen LogP contribution in [-0.2, 0) is 9.53 Å². The van der Waals surface area contributed by atoms with Crippen molar-refractivity contribution in [3.63, 3.8) is 0 Å². The van der Waals surface area contributed by atoms with E-state index in [9.17, 15) is 10.1 Å². The molecule has 1 aromatic carbocycles. The number of nitrogens with one attached hydrogen (secondary N) is 1. The number of carbonyl (C=O) groups is 1. The van der Waals surface area contributed by atoms with Crippen molar-refractivity contribution in [1.29, 1.82) is 10.5 Å². The first-order chi connectivity index (χ1) is 13.6. The number of rotatable bonds is 6. The van der Waals surface area contributed by atoms with Gasteiger partial charge in [0, 0.05) is 13.2 Å². The quantitative estimate of drug-likeness (QED) is 0.722. The number of amides is 1. The molecule has 1 aliphatic rings. The zero-order valence-corrected chi connectivity index (χ0v) is 15.9. The van der Waals surface area contributed by atoms with Crippen LogP contribution in [0, 0.1) is 22.7 Å². The zero-order chi connectivity index (χ0) is 19.9. The number of nitrogens with two attached hydrogens (primary N) is 1. The van der Waals surface area contributed by atoms with Crippen molar-refractivity contribution >= 4 is 23.5 Å². The number of benzene rings is 1. The molecule has 0 aliphatic carbocycles. The molecule has 2 aromatic rings. The Labute approximate surface area is 167 Å². The summed E-state index contributed by atoms with van der Waals surface area (Å²) in [5.41, 5.74) is 6.95. The van der Waals surface area contributed by atoms with Crippen molar-refractivity contribution < 1.29 is 9.53 Å². The maximum Gasteiger partial charge on any atom is 0.238 e. The molecule has 2 heterocycles. The van der Waals surface area contributed by atoms with Gasteiger partial charge in [0.25, 0.3) is 0 Å². The number of nitriles is 2. The predicted molar refractivity (Wildman–Crippen MR) is 105 cm³/mol. The average Bonchev–Trinajstić information content (AvgIpc) is 3.24. The Morgan fingerprint density at radius 3 is 2.71 bits per heavy atom. The van der Waals surface area contributed by atoms with Crippen LogP contribution >= 0.6 is 11.8 Å². The van der Waals surface area contributed by atoms with E-state index < -0.39 is 5.25 Å². The second kappa shape index (κ2) is 9.23. The number of anilines is 1. The van der Waals surface area contributed by atoms with Gasteiger partial charge in [0.05, 0.1) is 17.2 Å². The number of thioether (sulfide) groups is 1. The van der Waals surface area contributed by atoms with Crippen molar-refractivity contribution in [2.24, 2.45) is 0 Å². The maximum atomic E-state index is 12.9. The van der Waals surface area contributed by atoms with Gasteiger partial charge < -0.3 is 15.8 Å². The highest BCUT2D eigenvalue weighted by molar-refractivity contribution is 8.00. The van der Waals surface area contributed by atoms with Gasteiger partial charge in [-0.05, 0) is 24.5 Å². The molecule has 1 amide bonds. The first-order valence-electron chi connectivity index (χ1n) is 8.84. The Morgan fingerprint density at radius 2 is 2.07 bits per heavy atom. The minimum Gasteiger partial charge on any atom is -0.383 e. The highest BCUT2D eigenvalue weighted by Gasteiger charge is 2.26. The number of ether oxygens (including phenoxy) is 1. The zero-order valence-electron chi connectivity index (χ0n) is 15.1. The Morgan fingerprint density at radius 1 is 1.32 bits per heavy atom. The monoisotopic (exact) mass is 393 g/mol. The van der Waals surface area contributed by atoms with E-state index in [-0.39, 0.29) is 29.0 Å². The van der Waals surface area contributed by atoms with Gasteiger partial charge in [-0.15, -0.1) is 0 Å². The van der Waals surface area contributed by atoms with Gasteiger partial charge in [0.1, 0.15) is 28.2 Å². The summed E-state index contributed by atoms with van der Waals surface area (Å²) in [5.74, 6) is -0.157. The molecule has 7 nitrogen and oxygen atoms in total. The first-order valence-corrected chi connectivity index (χ1v) is 9.72. The van der Waals surface area contributed by atoms with Crippen LogP contribution in [0.1, 0.15) is 34.8 Å². The molecule has 28 heavy (non-hydrogen) atoms. The Bertz CT molecular complexity index is 930. The molecular formula is C20H19N5O2S. The number of nitrogen functional groups attached to an aromatic ring is 1. The number of hydrogen-bond acceptors (Lipinski definition) is 7. The second-order valence-electron chi connectivity index (χ2n) is 6.29. The summed E-state index contributed by atoms with van der Waals surface area (Å²) >= 11 is 1.14. The van der Waals surface area contributed by atoms with Crippen LogP contribution in [0.2, 0.25) is 0 Å². The van der Waals surface area contributed by atoms with E-state index in [1.165, 1.54) is 6.07 Å².